The molecule has 2 N–H and O–H groups in total. The van der Waals surface area contributed by atoms with Crippen molar-refractivity contribution in [1.82, 2.24) is 4.98 Å². The van der Waals surface area contributed by atoms with Crippen molar-refractivity contribution in [2.45, 2.75) is 13.0 Å². The van der Waals surface area contributed by atoms with Gasteiger partial charge in [0.05, 0.1) is 5.69 Å². The summed E-state index contributed by atoms with van der Waals surface area (Å²) in [5, 5.41) is 12.9. The highest BCUT2D eigenvalue weighted by atomic mass is 16.3. The number of nitrogens with zero attached hydrogens (tertiary/aromatic N) is 1. The molecule has 0 radical (unpaired) electrons. The third-order valence-electron chi connectivity index (χ3n) is 2.96. The number of anilines is 1. The van der Waals surface area contributed by atoms with Crippen molar-refractivity contribution >= 4 is 16.8 Å². The molecule has 0 amide bonds. The number of oxazole rings is 1. The zero-order valence-electron chi connectivity index (χ0n) is 10.5. The second-order valence-corrected chi connectivity index (χ2v) is 4.40. The standard InChI is InChI=1S/C15H14N2O2/c1-10(16-11-6-2-4-8-13(11)18)15-17-12-7-3-5-9-14(12)19-15/h2-10,16,18H,1H3. The molecule has 4 heteroatoms. The van der Waals surface area contributed by atoms with Gasteiger partial charge in [0, 0.05) is 0 Å². The van der Waals surface area contributed by atoms with E-state index in [1.54, 1.807) is 12.1 Å². The van der Waals surface area contributed by atoms with Gasteiger partial charge in [0.25, 0.3) is 0 Å². The van der Waals surface area contributed by atoms with E-state index in [4.69, 9.17) is 4.42 Å². The first-order valence-electron chi connectivity index (χ1n) is 6.14. The van der Waals surface area contributed by atoms with Crippen molar-refractivity contribution in [3.05, 3.63) is 54.4 Å². The maximum Gasteiger partial charge on any atom is 0.217 e. The van der Waals surface area contributed by atoms with Crippen molar-refractivity contribution in [2.75, 3.05) is 5.32 Å². The predicted octanol–water partition coefficient (Wildman–Crippen LogP) is 3.71. The first kappa shape index (κ1) is 11.6. The van der Waals surface area contributed by atoms with Gasteiger partial charge in [-0.2, -0.15) is 0 Å². The van der Waals surface area contributed by atoms with Gasteiger partial charge in [0.1, 0.15) is 17.3 Å². The van der Waals surface area contributed by atoms with Crippen LogP contribution in [0.2, 0.25) is 0 Å². The van der Waals surface area contributed by atoms with E-state index in [1.807, 2.05) is 43.3 Å². The molecule has 0 saturated carbocycles. The lowest BCUT2D eigenvalue weighted by Gasteiger charge is -2.12. The fourth-order valence-electron chi connectivity index (χ4n) is 1.97. The smallest absolute Gasteiger partial charge is 0.217 e. The van der Waals surface area contributed by atoms with Crippen molar-refractivity contribution in [3.8, 4) is 5.75 Å². The summed E-state index contributed by atoms with van der Waals surface area (Å²) in [7, 11) is 0. The molecule has 0 aliphatic rings. The average Bonchev–Trinajstić information content (AvgIpc) is 2.85. The molecular formula is C15H14N2O2. The summed E-state index contributed by atoms with van der Waals surface area (Å²) in [5.74, 6) is 0.815. The van der Waals surface area contributed by atoms with Gasteiger partial charge in [-0.1, -0.05) is 24.3 Å². The molecule has 0 fully saturated rings. The van der Waals surface area contributed by atoms with Crippen molar-refractivity contribution in [1.29, 1.82) is 0 Å². The Balaban J connectivity index is 1.87. The molecule has 96 valence electrons. The van der Waals surface area contributed by atoms with Crippen LogP contribution in [0.15, 0.2) is 52.9 Å². The molecule has 0 spiro atoms. The van der Waals surface area contributed by atoms with Crippen LogP contribution < -0.4 is 5.32 Å². The Kier molecular flexibility index (Phi) is 2.83. The maximum absolute atomic E-state index is 9.73. The second kappa shape index (κ2) is 4.65. The van der Waals surface area contributed by atoms with Crippen molar-refractivity contribution < 1.29 is 9.52 Å². The Morgan fingerprint density at radius 2 is 1.84 bits per heavy atom. The minimum absolute atomic E-state index is 0.124. The minimum Gasteiger partial charge on any atom is -0.506 e. The molecule has 0 saturated heterocycles. The minimum atomic E-state index is -0.124. The summed E-state index contributed by atoms with van der Waals surface area (Å²) in [6, 6.07) is 14.6. The van der Waals surface area contributed by atoms with E-state index in [9.17, 15) is 5.11 Å². The van der Waals surface area contributed by atoms with Gasteiger partial charge in [-0.25, -0.2) is 4.98 Å². The third kappa shape index (κ3) is 2.25. The topological polar surface area (TPSA) is 58.3 Å². The molecule has 2 aromatic carbocycles. The fourth-order valence-corrected chi connectivity index (χ4v) is 1.97. The maximum atomic E-state index is 9.73. The molecule has 3 rings (SSSR count). The molecule has 19 heavy (non-hydrogen) atoms. The highest BCUT2D eigenvalue weighted by molar-refractivity contribution is 5.72. The number of fused-ring (bicyclic) bond motifs is 1. The Labute approximate surface area is 110 Å². The van der Waals surface area contributed by atoms with E-state index in [0.717, 1.165) is 11.1 Å². The molecule has 1 unspecified atom stereocenters. The molecule has 1 heterocycles. The lowest BCUT2D eigenvalue weighted by Crippen LogP contribution is -2.06. The Morgan fingerprint density at radius 1 is 1.11 bits per heavy atom. The van der Waals surface area contributed by atoms with Crippen LogP contribution >= 0.6 is 0 Å². The number of hydrogen-bond acceptors (Lipinski definition) is 4. The highest BCUT2D eigenvalue weighted by Crippen LogP contribution is 2.27. The molecule has 4 nitrogen and oxygen atoms in total. The van der Waals surface area contributed by atoms with Gasteiger partial charge >= 0.3 is 0 Å². The van der Waals surface area contributed by atoms with Gasteiger partial charge in [-0.3, -0.25) is 0 Å². The fraction of sp³-hybridized carbons (Fsp3) is 0.133. The van der Waals surface area contributed by atoms with Crippen LogP contribution in [0.3, 0.4) is 0 Å². The molecule has 0 aliphatic carbocycles. The van der Waals surface area contributed by atoms with Crippen LogP contribution in [0.5, 0.6) is 5.75 Å². The average molecular weight is 254 g/mol. The van der Waals surface area contributed by atoms with E-state index in [-0.39, 0.29) is 11.8 Å². The Morgan fingerprint density at radius 3 is 2.63 bits per heavy atom. The van der Waals surface area contributed by atoms with Gasteiger partial charge in [-0.15, -0.1) is 0 Å². The number of hydrogen-bond donors (Lipinski definition) is 2. The number of para-hydroxylation sites is 4. The van der Waals surface area contributed by atoms with Gasteiger partial charge in [-0.05, 0) is 31.2 Å². The van der Waals surface area contributed by atoms with Crippen LogP contribution in [0, 0.1) is 0 Å². The third-order valence-corrected chi connectivity index (χ3v) is 2.96. The van der Waals surface area contributed by atoms with Crippen molar-refractivity contribution in [3.63, 3.8) is 0 Å². The number of nitrogens with one attached hydrogen (secondary N) is 1. The van der Waals surface area contributed by atoms with Gasteiger partial charge < -0.3 is 14.8 Å². The highest BCUT2D eigenvalue weighted by Gasteiger charge is 2.14. The summed E-state index contributed by atoms with van der Waals surface area (Å²) in [5.41, 5.74) is 2.27. The molecule has 0 bridgehead atoms. The lowest BCUT2D eigenvalue weighted by molar-refractivity contribution is 0.473. The largest absolute Gasteiger partial charge is 0.506 e. The Hall–Kier alpha value is -2.49. The van der Waals surface area contributed by atoms with Crippen LogP contribution in [0.4, 0.5) is 5.69 Å². The zero-order chi connectivity index (χ0) is 13.2. The number of phenols is 1. The van der Waals surface area contributed by atoms with E-state index >= 15 is 0 Å². The van der Waals surface area contributed by atoms with E-state index in [2.05, 4.69) is 10.3 Å². The van der Waals surface area contributed by atoms with Gasteiger partial charge in [0.15, 0.2) is 5.58 Å². The number of rotatable bonds is 3. The predicted molar refractivity (Wildman–Crippen MR) is 74.2 cm³/mol. The van der Waals surface area contributed by atoms with E-state index in [1.165, 1.54) is 0 Å². The number of benzene rings is 2. The first-order valence-corrected chi connectivity index (χ1v) is 6.14. The quantitative estimate of drug-likeness (QED) is 0.699. The van der Waals surface area contributed by atoms with Crippen molar-refractivity contribution in [2.24, 2.45) is 0 Å². The summed E-state index contributed by atoms with van der Waals surface area (Å²) >= 11 is 0. The molecular weight excluding hydrogens is 240 g/mol. The van der Waals surface area contributed by atoms with Gasteiger partial charge in [0.2, 0.25) is 5.89 Å². The summed E-state index contributed by atoms with van der Waals surface area (Å²) in [6.07, 6.45) is 0. The molecule has 0 aliphatic heterocycles. The van der Waals surface area contributed by atoms with E-state index < -0.39 is 0 Å². The number of aromatic hydroxyl groups is 1. The molecule has 1 atom stereocenters. The Bertz CT molecular complexity index is 673. The summed E-state index contributed by atoms with van der Waals surface area (Å²) in [6.45, 7) is 1.94. The molecule has 1 aromatic heterocycles. The SMILES string of the molecule is CC(Nc1ccccc1O)c1nc2ccccc2o1. The lowest BCUT2D eigenvalue weighted by atomic mass is 10.2. The molecule has 3 aromatic rings. The normalized spacial score (nSPS) is 12.5. The van der Waals surface area contributed by atoms with Crippen LogP contribution in [0.1, 0.15) is 18.9 Å². The number of phenolic OH excluding ortho intramolecular Hbond substituents is 1. The van der Waals surface area contributed by atoms with E-state index in [0.29, 0.717) is 11.6 Å². The summed E-state index contributed by atoms with van der Waals surface area (Å²) in [4.78, 5) is 4.43. The second-order valence-electron chi connectivity index (χ2n) is 4.40. The van der Waals surface area contributed by atoms with Crippen LogP contribution in [-0.4, -0.2) is 10.1 Å². The number of aromatic nitrogens is 1. The first-order chi connectivity index (χ1) is 9.24. The van der Waals surface area contributed by atoms with Crippen LogP contribution in [0.25, 0.3) is 11.1 Å². The summed E-state index contributed by atoms with van der Waals surface area (Å²) < 4.78 is 5.69. The zero-order valence-corrected chi connectivity index (χ0v) is 10.5. The monoisotopic (exact) mass is 254 g/mol. The van der Waals surface area contributed by atoms with Crippen LogP contribution in [-0.2, 0) is 0 Å².